The van der Waals surface area contributed by atoms with Gasteiger partial charge in [0, 0.05) is 11.4 Å². The van der Waals surface area contributed by atoms with Gasteiger partial charge >= 0.3 is 0 Å². The van der Waals surface area contributed by atoms with E-state index < -0.39 is 0 Å². The van der Waals surface area contributed by atoms with E-state index in [9.17, 15) is 0 Å². The van der Waals surface area contributed by atoms with Crippen molar-refractivity contribution in [3.63, 3.8) is 0 Å². The van der Waals surface area contributed by atoms with E-state index in [4.69, 9.17) is 10.2 Å². The standard InChI is InChI=1S/C10H11BrN2OS2/c1-6-5-14-10(13-6)16-8(4-12)7-2-3-9(11)15-7/h2-3,5,8H,4,12H2,1H3. The van der Waals surface area contributed by atoms with Gasteiger partial charge in [0.25, 0.3) is 5.22 Å². The van der Waals surface area contributed by atoms with Crippen molar-refractivity contribution in [1.29, 1.82) is 0 Å². The van der Waals surface area contributed by atoms with E-state index in [-0.39, 0.29) is 5.25 Å². The number of nitrogens with two attached hydrogens (primary N) is 1. The average Bonchev–Trinajstić information content (AvgIpc) is 2.84. The predicted octanol–water partition coefficient (Wildman–Crippen LogP) is 3.60. The van der Waals surface area contributed by atoms with Gasteiger partial charge in [-0.25, -0.2) is 4.98 Å². The highest BCUT2D eigenvalue weighted by Gasteiger charge is 2.16. The van der Waals surface area contributed by atoms with Gasteiger partial charge in [0.1, 0.15) is 6.26 Å². The van der Waals surface area contributed by atoms with Gasteiger partial charge in [-0.1, -0.05) is 11.8 Å². The molecule has 0 aliphatic rings. The molecule has 1 atom stereocenters. The minimum atomic E-state index is 0.203. The molecule has 2 aromatic heterocycles. The minimum Gasteiger partial charge on any atom is -0.440 e. The number of rotatable bonds is 4. The molecule has 2 N–H and O–H groups in total. The Labute approximate surface area is 111 Å². The van der Waals surface area contributed by atoms with E-state index in [0.717, 1.165) is 9.48 Å². The number of thiophene rings is 1. The number of oxazole rings is 1. The molecule has 0 aliphatic heterocycles. The van der Waals surface area contributed by atoms with Gasteiger partial charge in [0.05, 0.1) is 14.7 Å². The first-order valence-corrected chi connectivity index (χ1v) is 7.22. The van der Waals surface area contributed by atoms with Gasteiger partial charge in [-0.3, -0.25) is 0 Å². The molecule has 3 nitrogen and oxygen atoms in total. The lowest BCUT2D eigenvalue weighted by Crippen LogP contribution is -2.07. The maximum atomic E-state index is 5.77. The fourth-order valence-electron chi connectivity index (χ4n) is 1.23. The summed E-state index contributed by atoms with van der Waals surface area (Å²) >= 11 is 6.70. The van der Waals surface area contributed by atoms with Crippen LogP contribution in [0.15, 0.2) is 31.8 Å². The van der Waals surface area contributed by atoms with Crippen LogP contribution in [-0.2, 0) is 0 Å². The molecule has 2 rings (SSSR count). The van der Waals surface area contributed by atoms with Crippen LogP contribution < -0.4 is 5.73 Å². The van der Waals surface area contributed by atoms with Crippen LogP contribution >= 0.6 is 39.0 Å². The second kappa shape index (κ2) is 5.35. The van der Waals surface area contributed by atoms with Crippen molar-refractivity contribution in [2.45, 2.75) is 17.4 Å². The average molecular weight is 319 g/mol. The molecule has 1 unspecified atom stereocenters. The fourth-order valence-corrected chi connectivity index (χ4v) is 3.77. The zero-order valence-corrected chi connectivity index (χ0v) is 11.9. The van der Waals surface area contributed by atoms with Crippen molar-refractivity contribution in [3.05, 3.63) is 32.8 Å². The second-order valence-corrected chi connectivity index (χ2v) is 6.89. The summed E-state index contributed by atoms with van der Waals surface area (Å²) in [5, 5.41) is 0.881. The van der Waals surface area contributed by atoms with Crippen LogP contribution in [0.2, 0.25) is 0 Å². The van der Waals surface area contributed by atoms with Crippen LogP contribution in [0.5, 0.6) is 0 Å². The molecule has 6 heteroatoms. The van der Waals surface area contributed by atoms with E-state index in [1.165, 1.54) is 4.88 Å². The third-order valence-corrected chi connectivity index (χ3v) is 4.97. The first-order chi connectivity index (χ1) is 7.69. The number of halogens is 1. The van der Waals surface area contributed by atoms with Crippen molar-refractivity contribution >= 4 is 39.0 Å². The largest absolute Gasteiger partial charge is 0.440 e. The molecule has 0 spiro atoms. The lowest BCUT2D eigenvalue weighted by Gasteiger charge is -2.08. The number of thioether (sulfide) groups is 1. The van der Waals surface area contributed by atoms with Crippen LogP contribution in [0, 0.1) is 6.92 Å². The lowest BCUT2D eigenvalue weighted by atomic mass is 10.3. The Hall–Kier alpha value is -0.300. The van der Waals surface area contributed by atoms with E-state index in [2.05, 4.69) is 27.0 Å². The second-order valence-electron chi connectivity index (χ2n) is 3.24. The molecule has 2 heterocycles. The van der Waals surface area contributed by atoms with Gasteiger partial charge in [0.2, 0.25) is 0 Å². The molecule has 0 amide bonds. The molecule has 2 aromatic rings. The van der Waals surface area contributed by atoms with Crippen molar-refractivity contribution in [2.75, 3.05) is 6.54 Å². The van der Waals surface area contributed by atoms with Crippen molar-refractivity contribution < 1.29 is 4.42 Å². The normalized spacial score (nSPS) is 12.9. The van der Waals surface area contributed by atoms with Gasteiger partial charge in [-0.2, -0.15) is 0 Å². The number of aryl methyl sites for hydroxylation is 1. The Morgan fingerprint density at radius 3 is 2.94 bits per heavy atom. The number of hydrogen-bond donors (Lipinski definition) is 1. The molecular weight excluding hydrogens is 308 g/mol. The fraction of sp³-hybridized carbons (Fsp3) is 0.300. The molecule has 0 aromatic carbocycles. The summed E-state index contributed by atoms with van der Waals surface area (Å²) in [7, 11) is 0. The van der Waals surface area contributed by atoms with Crippen LogP contribution in [0.25, 0.3) is 0 Å². The minimum absolute atomic E-state index is 0.203. The van der Waals surface area contributed by atoms with E-state index >= 15 is 0 Å². The molecule has 86 valence electrons. The predicted molar refractivity (Wildman–Crippen MR) is 70.9 cm³/mol. The highest BCUT2D eigenvalue weighted by Crippen LogP contribution is 2.38. The first kappa shape index (κ1) is 12.2. The molecule has 0 bridgehead atoms. The number of nitrogens with zero attached hydrogens (tertiary/aromatic N) is 1. The van der Waals surface area contributed by atoms with Gasteiger partial charge < -0.3 is 10.2 Å². The third kappa shape index (κ3) is 2.88. The highest BCUT2D eigenvalue weighted by atomic mass is 79.9. The van der Waals surface area contributed by atoms with Crippen molar-refractivity contribution in [2.24, 2.45) is 5.73 Å². The Morgan fingerprint density at radius 1 is 1.62 bits per heavy atom. The Bertz CT molecular complexity index is 469. The maximum absolute atomic E-state index is 5.77. The summed E-state index contributed by atoms with van der Waals surface area (Å²) in [4.78, 5) is 5.50. The molecule has 0 aliphatic carbocycles. The van der Waals surface area contributed by atoms with Crippen LogP contribution in [-0.4, -0.2) is 11.5 Å². The first-order valence-electron chi connectivity index (χ1n) is 4.73. The quantitative estimate of drug-likeness (QED) is 0.875. The zero-order chi connectivity index (χ0) is 11.5. The van der Waals surface area contributed by atoms with Crippen LogP contribution in [0.1, 0.15) is 15.8 Å². The molecule has 0 radical (unpaired) electrons. The maximum Gasteiger partial charge on any atom is 0.256 e. The van der Waals surface area contributed by atoms with E-state index in [1.54, 1.807) is 29.4 Å². The Balaban J connectivity index is 2.12. The van der Waals surface area contributed by atoms with Gasteiger partial charge in [0.15, 0.2) is 0 Å². The van der Waals surface area contributed by atoms with Gasteiger partial charge in [-0.05, 0) is 35.0 Å². The number of aromatic nitrogens is 1. The Kier molecular flexibility index (Phi) is 4.07. The summed E-state index contributed by atoms with van der Waals surface area (Å²) < 4.78 is 6.43. The number of hydrogen-bond acceptors (Lipinski definition) is 5. The van der Waals surface area contributed by atoms with Crippen LogP contribution in [0.4, 0.5) is 0 Å². The lowest BCUT2D eigenvalue weighted by molar-refractivity contribution is 0.453. The summed E-state index contributed by atoms with van der Waals surface area (Å²) in [6, 6.07) is 4.11. The van der Waals surface area contributed by atoms with E-state index in [0.29, 0.717) is 11.8 Å². The Morgan fingerprint density at radius 2 is 2.44 bits per heavy atom. The highest BCUT2D eigenvalue weighted by molar-refractivity contribution is 9.11. The molecule has 0 saturated carbocycles. The third-order valence-electron chi connectivity index (χ3n) is 1.97. The van der Waals surface area contributed by atoms with Crippen molar-refractivity contribution in [3.8, 4) is 0 Å². The summed E-state index contributed by atoms with van der Waals surface area (Å²) in [5.41, 5.74) is 6.66. The van der Waals surface area contributed by atoms with Gasteiger partial charge in [-0.15, -0.1) is 11.3 Å². The van der Waals surface area contributed by atoms with E-state index in [1.807, 2.05) is 13.0 Å². The van der Waals surface area contributed by atoms with Crippen LogP contribution in [0.3, 0.4) is 0 Å². The molecular formula is C10H11BrN2OS2. The monoisotopic (exact) mass is 318 g/mol. The molecule has 0 fully saturated rings. The zero-order valence-electron chi connectivity index (χ0n) is 8.64. The SMILES string of the molecule is Cc1coc(SC(CN)c2ccc(Br)s2)n1. The smallest absolute Gasteiger partial charge is 0.256 e. The molecule has 0 saturated heterocycles. The topological polar surface area (TPSA) is 52.0 Å². The summed E-state index contributed by atoms with van der Waals surface area (Å²) in [6.45, 7) is 2.48. The summed E-state index contributed by atoms with van der Waals surface area (Å²) in [5.74, 6) is 0. The molecule has 16 heavy (non-hydrogen) atoms. The van der Waals surface area contributed by atoms with Crippen molar-refractivity contribution in [1.82, 2.24) is 4.98 Å². The summed E-state index contributed by atoms with van der Waals surface area (Å²) in [6.07, 6.45) is 1.65.